The maximum absolute atomic E-state index is 13.6. The molecule has 0 bridgehead atoms. The summed E-state index contributed by atoms with van der Waals surface area (Å²) in [4.78, 5) is 12.2. The van der Waals surface area contributed by atoms with Crippen molar-refractivity contribution in [1.29, 1.82) is 0 Å². The highest BCUT2D eigenvalue weighted by atomic mass is 32.2. The molecule has 0 spiro atoms. The van der Waals surface area contributed by atoms with E-state index in [0.29, 0.717) is 5.56 Å². The van der Waals surface area contributed by atoms with Gasteiger partial charge in [0.05, 0.1) is 11.3 Å². The molecule has 2 aromatic carbocycles. The number of phenols is 1. The third-order valence-electron chi connectivity index (χ3n) is 3.65. The summed E-state index contributed by atoms with van der Waals surface area (Å²) in [7, 11) is -3.76. The zero-order chi connectivity index (χ0) is 19.4. The topological polar surface area (TPSA) is 95.5 Å². The van der Waals surface area contributed by atoms with Gasteiger partial charge in [-0.05, 0) is 29.6 Å². The lowest BCUT2D eigenvalue weighted by molar-refractivity contribution is 0.0948. The molecule has 9 heteroatoms. The molecule has 0 fully saturated rings. The highest BCUT2D eigenvalue weighted by Crippen LogP contribution is 2.25. The van der Waals surface area contributed by atoms with E-state index in [1.54, 1.807) is 23.6 Å². The molecule has 0 aliphatic heterocycles. The van der Waals surface area contributed by atoms with Crippen LogP contribution >= 0.6 is 11.3 Å². The molecular formula is C18H15FN2O4S2. The minimum Gasteiger partial charge on any atom is -0.507 e. The van der Waals surface area contributed by atoms with Crippen LogP contribution in [0.1, 0.15) is 15.9 Å². The predicted octanol–water partition coefficient (Wildman–Crippen LogP) is 3.32. The Labute approximate surface area is 159 Å². The van der Waals surface area contributed by atoms with Crippen LogP contribution in [0.3, 0.4) is 0 Å². The second-order valence-electron chi connectivity index (χ2n) is 5.54. The zero-order valence-corrected chi connectivity index (χ0v) is 15.5. The van der Waals surface area contributed by atoms with Crippen molar-refractivity contribution in [2.75, 3.05) is 4.72 Å². The summed E-state index contributed by atoms with van der Waals surface area (Å²) in [6.45, 7) is -0.0439. The molecule has 0 radical (unpaired) electrons. The second kappa shape index (κ2) is 7.77. The van der Waals surface area contributed by atoms with Gasteiger partial charge in [-0.1, -0.05) is 24.3 Å². The highest BCUT2D eigenvalue weighted by Gasteiger charge is 2.17. The number of rotatable bonds is 6. The summed E-state index contributed by atoms with van der Waals surface area (Å²) >= 11 is 1.06. The first-order valence-electron chi connectivity index (χ1n) is 7.78. The maximum Gasteiger partial charge on any atom is 0.271 e. The van der Waals surface area contributed by atoms with E-state index >= 15 is 0 Å². The van der Waals surface area contributed by atoms with Crippen molar-refractivity contribution in [3.8, 4) is 5.75 Å². The van der Waals surface area contributed by atoms with E-state index in [9.17, 15) is 22.7 Å². The van der Waals surface area contributed by atoms with E-state index in [1.807, 2.05) is 0 Å². The number of sulfonamides is 1. The van der Waals surface area contributed by atoms with Crippen molar-refractivity contribution in [2.24, 2.45) is 0 Å². The van der Waals surface area contributed by atoms with E-state index in [2.05, 4.69) is 10.0 Å². The van der Waals surface area contributed by atoms with Gasteiger partial charge in [-0.15, -0.1) is 11.3 Å². The van der Waals surface area contributed by atoms with Gasteiger partial charge in [0.2, 0.25) is 0 Å². The van der Waals surface area contributed by atoms with Gasteiger partial charge in [-0.25, -0.2) is 12.8 Å². The summed E-state index contributed by atoms with van der Waals surface area (Å²) in [5, 5.41) is 14.2. The normalized spacial score (nSPS) is 11.1. The van der Waals surface area contributed by atoms with Crippen molar-refractivity contribution >= 4 is 33.0 Å². The van der Waals surface area contributed by atoms with Crippen LogP contribution in [0.2, 0.25) is 0 Å². The van der Waals surface area contributed by atoms with E-state index in [4.69, 9.17) is 0 Å². The standard InChI is InChI=1S/C18H15FN2O4S2/c19-15-5-2-1-4-12(15)11-20-18(23)14-8-7-13(10-16(14)22)21-27(24,25)17-6-3-9-26-17/h1-10,21-22H,11H2,(H,20,23). The minimum absolute atomic E-state index is 0.0439. The zero-order valence-electron chi connectivity index (χ0n) is 13.8. The third-order valence-corrected chi connectivity index (χ3v) is 6.43. The average Bonchev–Trinajstić information content (AvgIpc) is 3.16. The molecule has 0 aliphatic carbocycles. The van der Waals surface area contributed by atoms with Gasteiger partial charge in [0.25, 0.3) is 15.9 Å². The lowest BCUT2D eigenvalue weighted by Gasteiger charge is -2.10. The van der Waals surface area contributed by atoms with Gasteiger partial charge in [-0.3, -0.25) is 9.52 Å². The van der Waals surface area contributed by atoms with Crippen LogP contribution < -0.4 is 10.0 Å². The number of amides is 1. The Hall–Kier alpha value is -2.91. The van der Waals surface area contributed by atoms with E-state index in [-0.39, 0.29) is 22.0 Å². The van der Waals surface area contributed by atoms with Crippen molar-refractivity contribution < 1.29 is 22.7 Å². The third kappa shape index (κ3) is 4.44. The minimum atomic E-state index is -3.76. The number of nitrogens with one attached hydrogen (secondary N) is 2. The van der Waals surface area contributed by atoms with Gasteiger partial charge in [0, 0.05) is 18.2 Å². The van der Waals surface area contributed by atoms with E-state index in [1.165, 1.54) is 30.3 Å². The van der Waals surface area contributed by atoms with Crippen LogP contribution in [0.15, 0.2) is 64.2 Å². The quantitative estimate of drug-likeness (QED) is 0.585. The van der Waals surface area contributed by atoms with Crippen LogP contribution in [0, 0.1) is 5.82 Å². The summed E-state index contributed by atoms with van der Waals surface area (Å²) in [6.07, 6.45) is 0. The lowest BCUT2D eigenvalue weighted by Crippen LogP contribution is -2.23. The van der Waals surface area contributed by atoms with Gasteiger partial charge in [0.1, 0.15) is 15.8 Å². The fourth-order valence-corrected chi connectivity index (χ4v) is 4.36. The molecule has 1 aromatic heterocycles. The molecule has 3 aromatic rings. The molecule has 140 valence electrons. The molecule has 0 saturated heterocycles. The molecular weight excluding hydrogens is 391 g/mol. The first-order chi connectivity index (χ1) is 12.9. The van der Waals surface area contributed by atoms with Gasteiger partial charge < -0.3 is 10.4 Å². The SMILES string of the molecule is O=C(NCc1ccccc1F)c1ccc(NS(=O)(=O)c2cccs2)cc1O. The molecule has 0 atom stereocenters. The summed E-state index contributed by atoms with van der Waals surface area (Å²) in [6, 6.07) is 12.9. The van der Waals surface area contributed by atoms with E-state index in [0.717, 1.165) is 17.4 Å². The Kier molecular flexibility index (Phi) is 5.43. The van der Waals surface area contributed by atoms with Gasteiger partial charge >= 0.3 is 0 Å². The van der Waals surface area contributed by atoms with Crippen molar-refractivity contribution in [3.63, 3.8) is 0 Å². The number of hydrogen-bond donors (Lipinski definition) is 3. The number of halogens is 1. The predicted molar refractivity (Wildman–Crippen MR) is 101 cm³/mol. The second-order valence-corrected chi connectivity index (χ2v) is 8.40. The number of phenolic OH excluding ortho intramolecular Hbond substituents is 1. The number of carbonyl (C=O) groups excluding carboxylic acids is 1. The number of anilines is 1. The first kappa shape index (κ1) is 18.9. The monoisotopic (exact) mass is 406 g/mol. The van der Waals surface area contributed by atoms with Gasteiger partial charge in [0.15, 0.2) is 0 Å². The summed E-state index contributed by atoms with van der Waals surface area (Å²) in [5.74, 6) is -1.45. The average molecular weight is 406 g/mol. The molecule has 27 heavy (non-hydrogen) atoms. The number of benzene rings is 2. The fourth-order valence-electron chi connectivity index (χ4n) is 2.32. The molecule has 3 N–H and O–H groups in total. The molecule has 6 nitrogen and oxygen atoms in total. The van der Waals surface area contributed by atoms with Crippen molar-refractivity contribution in [2.45, 2.75) is 10.8 Å². The Morgan fingerprint density at radius 3 is 2.56 bits per heavy atom. The summed E-state index contributed by atoms with van der Waals surface area (Å²) < 4.78 is 40.4. The van der Waals surface area contributed by atoms with Gasteiger partial charge in [-0.2, -0.15) is 0 Å². The number of aromatic hydroxyl groups is 1. The van der Waals surface area contributed by atoms with Crippen LogP contribution in [0.5, 0.6) is 5.75 Å². The molecule has 1 heterocycles. The Bertz CT molecular complexity index is 1070. The Morgan fingerprint density at radius 1 is 1.11 bits per heavy atom. The summed E-state index contributed by atoms with van der Waals surface area (Å²) in [5.41, 5.74) is 0.377. The smallest absolute Gasteiger partial charge is 0.271 e. The molecule has 3 rings (SSSR count). The first-order valence-corrected chi connectivity index (χ1v) is 10.1. The molecule has 0 unspecified atom stereocenters. The lowest BCUT2D eigenvalue weighted by atomic mass is 10.1. The number of thiophene rings is 1. The van der Waals surface area contributed by atoms with Crippen molar-refractivity contribution in [3.05, 3.63) is 76.9 Å². The molecule has 1 amide bonds. The Balaban J connectivity index is 1.71. The van der Waals surface area contributed by atoms with E-state index < -0.39 is 27.5 Å². The number of carbonyl (C=O) groups is 1. The van der Waals surface area contributed by atoms with Crippen LogP contribution in [-0.4, -0.2) is 19.4 Å². The Morgan fingerprint density at radius 2 is 1.89 bits per heavy atom. The van der Waals surface area contributed by atoms with Crippen LogP contribution in [0.25, 0.3) is 0 Å². The van der Waals surface area contributed by atoms with Crippen molar-refractivity contribution in [1.82, 2.24) is 5.32 Å². The molecule has 0 aliphatic rings. The molecule has 0 saturated carbocycles. The highest BCUT2D eigenvalue weighted by molar-refractivity contribution is 7.94. The largest absolute Gasteiger partial charge is 0.507 e. The number of hydrogen-bond acceptors (Lipinski definition) is 5. The maximum atomic E-state index is 13.6. The fraction of sp³-hybridized carbons (Fsp3) is 0.0556. The van der Waals surface area contributed by atoms with Crippen LogP contribution in [0.4, 0.5) is 10.1 Å². The van der Waals surface area contributed by atoms with Crippen LogP contribution in [-0.2, 0) is 16.6 Å².